The Morgan fingerprint density at radius 3 is 2.82 bits per heavy atom. The molecule has 0 saturated carbocycles. The fraction of sp³-hybridized carbons (Fsp3) is 0.471. The van der Waals surface area contributed by atoms with E-state index in [-0.39, 0.29) is 18.3 Å². The Morgan fingerprint density at radius 1 is 1.18 bits per heavy atom. The quantitative estimate of drug-likeness (QED) is 0.682. The molecule has 0 saturated heterocycles. The number of hydrogen-bond donors (Lipinski definition) is 2. The summed E-state index contributed by atoms with van der Waals surface area (Å²) < 4.78 is 1.33. The molecule has 0 unspecified atom stereocenters. The van der Waals surface area contributed by atoms with Crippen LogP contribution in [0.25, 0.3) is 10.1 Å². The molecule has 0 aliphatic rings. The molecule has 5 heteroatoms. The van der Waals surface area contributed by atoms with E-state index >= 15 is 0 Å². The van der Waals surface area contributed by atoms with Gasteiger partial charge in [0, 0.05) is 24.2 Å². The lowest BCUT2D eigenvalue weighted by Gasteiger charge is -2.06. The number of halogens is 1. The maximum Gasteiger partial charge on any atom is 0.220 e. The summed E-state index contributed by atoms with van der Waals surface area (Å²) in [6.45, 7) is 4.73. The van der Waals surface area contributed by atoms with E-state index < -0.39 is 0 Å². The molecular formula is C17H25ClN2OS. The van der Waals surface area contributed by atoms with E-state index in [0.29, 0.717) is 6.42 Å². The Balaban J connectivity index is 0.00000242. The van der Waals surface area contributed by atoms with Crippen LogP contribution in [0.5, 0.6) is 0 Å². The minimum Gasteiger partial charge on any atom is -0.355 e. The van der Waals surface area contributed by atoms with Crippen molar-refractivity contribution in [2.75, 3.05) is 19.6 Å². The predicted molar refractivity (Wildman–Crippen MR) is 98.2 cm³/mol. The van der Waals surface area contributed by atoms with Crippen molar-refractivity contribution in [2.24, 2.45) is 0 Å². The van der Waals surface area contributed by atoms with E-state index in [1.165, 1.54) is 15.6 Å². The van der Waals surface area contributed by atoms with Gasteiger partial charge in [0.15, 0.2) is 0 Å². The maximum atomic E-state index is 11.7. The number of benzene rings is 1. The van der Waals surface area contributed by atoms with Gasteiger partial charge in [0.2, 0.25) is 5.91 Å². The number of amides is 1. The number of aryl methyl sites for hydroxylation is 1. The molecule has 0 atom stereocenters. The van der Waals surface area contributed by atoms with Gasteiger partial charge in [-0.3, -0.25) is 4.79 Å². The summed E-state index contributed by atoms with van der Waals surface area (Å²) >= 11 is 1.79. The first-order chi connectivity index (χ1) is 10.3. The molecule has 0 bridgehead atoms. The van der Waals surface area contributed by atoms with Gasteiger partial charge in [-0.15, -0.1) is 23.7 Å². The highest BCUT2D eigenvalue weighted by Gasteiger charge is 2.05. The first-order valence-electron chi connectivity index (χ1n) is 7.73. The third-order valence-corrected chi connectivity index (χ3v) is 4.47. The molecule has 0 radical (unpaired) electrons. The highest BCUT2D eigenvalue weighted by atomic mass is 35.5. The zero-order valence-corrected chi connectivity index (χ0v) is 14.7. The number of fused-ring (bicyclic) bond motifs is 1. The Morgan fingerprint density at radius 2 is 2.00 bits per heavy atom. The van der Waals surface area contributed by atoms with Crippen LogP contribution >= 0.6 is 23.7 Å². The molecule has 22 heavy (non-hydrogen) atoms. The fourth-order valence-corrected chi connectivity index (χ4v) is 3.34. The largest absolute Gasteiger partial charge is 0.355 e. The topological polar surface area (TPSA) is 41.1 Å². The van der Waals surface area contributed by atoms with Crippen molar-refractivity contribution in [3.63, 3.8) is 0 Å². The summed E-state index contributed by atoms with van der Waals surface area (Å²) in [5.41, 5.74) is 1.37. The molecule has 0 aliphatic carbocycles. The third-order valence-electron chi connectivity index (χ3n) is 3.46. The average Bonchev–Trinajstić information content (AvgIpc) is 2.91. The van der Waals surface area contributed by atoms with Gasteiger partial charge < -0.3 is 10.6 Å². The van der Waals surface area contributed by atoms with Gasteiger partial charge >= 0.3 is 0 Å². The molecule has 2 aromatic rings. The molecule has 1 heterocycles. The standard InChI is InChI=1S/C17H24N2OS.ClH/c1-2-10-18-11-12-19-17(20)9-5-6-14-13-21-16-8-4-3-7-15(14)16;/h3-4,7-8,13,18H,2,5-6,9-12H2,1H3,(H,19,20);1H. The van der Waals surface area contributed by atoms with Crippen LogP contribution in [0.3, 0.4) is 0 Å². The van der Waals surface area contributed by atoms with Crippen LogP contribution in [0.4, 0.5) is 0 Å². The summed E-state index contributed by atoms with van der Waals surface area (Å²) in [5.74, 6) is 0.160. The van der Waals surface area contributed by atoms with Crippen LogP contribution in [0.1, 0.15) is 31.7 Å². The van der Waals surface area contributed by atoms with Gasteiger partial charge in [-0.05, 0) is 48.2 Å². The molecule has 1 aromatic heterocycles. The zero-order valence-electron chi connectivity index (χ0n) is 13.1. The predicted octanol–water partition coefficient (Wildman–Crippen LogP) is 3.76. The highest BCUT2D eigenvalue weighted by Crippen LogP contribution is 2.26. The van der Waals surface area contributed by atoms with Gasteiger partial charge in [-0.1, -0.05) is 25.1 Å². The molecule has 0 fully saturated rings. The summed E-state index contributed by atoms with van der Waals surface area (Å²) in [6.07, 6.45) is 3.63. The summed E-state index contributed by atoms with van der Waals surface area (Å²) in [5, 5.41) is 9.79. The van der Waals surface area contributed by atoms with Crippen molar-refractivity contribution in [1.82, 2.24) is 10.6 Å². The third kappa shape index (κ3) is 5.95. The zero-order chi connectivity index (χ0) is 14.9. The minimum absolute atomic E-state index is 0. The van der Waals surface area contributed by atoms with Crippen molar-refractivity contribution >= 4 is 39.7 Å². The number of carbonyl (C=O) groups excluding carboxylic acids is 1. The Kier molecular flexibility index (Phi) is 9.13. The van der Waals surface area contributed by atoms with Crippen LogP contribution < -0.4 is 10.6 Å². The lowest BCUT2D eigenvalue weighted by Crippen LogP contribution is -2.31. The normalized spacial score (nSPS) is 10.4. The lowest BCUT2D eigenvalue weighted by molar-refractivity contribution is -0.121. The second-order valence-corrected chi connectivity index (χ2v) is 6.12. The lowest BCUT2D eigenvalue weighted by atomic mass is 10.1. The first kappa shape index (κ1) is 18.9. The molecule has 1 aromatic carbocycles. The SMILES string of the molecule is CCCNCCNC(=O)CCCc1csc2ccccc12.Cl. The van der Waals surface area contributed by atoms with Crippen LogP contribution in [0.2, 0.25) is 0 Å². The van der Waals surface area contributed by atoms with E-state index in [1.807, 2.05) is 0 Å². The van der Waals surface area contributed by atoms with E-state index in [2.05, 4.69) is 47.2 Å². The molecule has 122 valence electrons. The molecular weight excluding hydrogens is 316 g/mol. The van der Waals surface area contributed by atoms with Gasteiger partial charge in [-0.25, -0.2) is 0 Å². The van der Waals surface area contributed by atoms with E-state index in [1.54, 1.807) is 11.3 Å². The van der Waals surface area contributed by atoms with E-state index in [0.717, 1.165) is 38.9 Å². The highest BCUT2D eigenvalue weighted by molar-refractivity contribution is 7.17. The van der Waals surface area contributed by atoms with E-state index in [4.69, 9.17) is 0 Å². The smallest absolute Gasteiger partial charge is 0.220 e. The summed E-state index contributed by atoms with van der Waals surface area (Å²) in [4.78, 5) is 11.7. The van der Waals surface area contributed by atoms with Crippen molar-refractivity contribution in [2.45, 2.75) is 32.6 Å². The van der Waals surface area contributed by atoms with Crippen molar-refractivity contribution in [3.05, 3.63) is 35.2 Å². The number of carbonyl (C=O) groups is 1. The van der Waals surface area contributed by atoms with Gasteiger partial charge in [0.25, 0.3) is 0 Å². The average molecular weight is 341 g/mol. The van der Waals surface area contributed by atoms with Crippen LogP contribution in [-0.2, 0) is 11.2 Å². The van der Waals surface area contributed by atoms with Gasteiger partial charge in [0.05, 0.1) is 0 Å². The molecule has 0 aliphatic heterocycles. The molecule has 2 rings (SSSR count). The number of thiophene rings is 1. The molecule has 0 spiro atoms. The molecule has 2 N–H and O–H groups in total. The van der Waals surface area contributed by atoms with Crippen molar-refractivity contribution in [1.29, 1.82) is 0 Å². The number of nitrogens with one attached hydrogen (secondary N) is 2. The first-order valence-corrected chi connectivity index (χ1v) is 8.61. The number of rotatable bonds is 9. The Hall–Kier alpha value is -1.10. The molecule has 1 amide bonds. The minimum atomic E-state index is 0. The van der Waals surface area contributed by atoms with Crippen LogP contribution in [-0.4, -0.2) is 25.5 Å². The van der Waals surface area contributed by atoms with Gasteiger partial charge in [0.1, 0.15) is 0 Å². The Labute approximate surface area is 142 Å². The van der Waals surface area contributed by atoms with Crippen LogP contribution in [0, 0.1) is 0 Å². The van der Waals surface area contributed by atoms with Crippen molar-refractivity contribution < 1.29 is 4.79 Å². The second kappa shape index (κ2) is 10.6. The monoisotopic (exact) mass is 340 g/mol. The maximum absolute atomic E-state index is 11.7. The van der Waals surface area contributed by atoms with Gasteiger partial charge in [-0.2, -0.15) is 0 Å². The summed E-state index contributed by atoms with van der Waals surface area (Å²) in [7, 11) is 0. The van der Waals surface area contributed by atoms with Crippen LogP contribution in [0.15, 0.2) is 29.6 Å². The second-order valence-electron chi connectivity index (χ2n) is 5.21. The molecule has 3 nitrogen and oxygen atoms in total. The number of hydrogen-bond acceptors (Lipinski definition) is 3. The Bertz CT molecular complexity index is 571. The van der Waals surface area contributed by atoms with Crippen molar-refractivity contribution in [3.8, 4) is 0 Å². The summed E-state index contributed by atoms with van der Waals surface area (Å²) in [6, 6.07) is 8.47. The van der Waals surface area contributed by atoms with E-state index in [9.17, 15) is 4.79 Å². The fourth-order valence-electron chi connectivity index (χ4n) is 2.35.